The quantitative estimate of drug-likeness (QED) is 0.559. The summed E-state index contributed by atoms with van der Waals surface area (Å²) >= 11 is 5.19. The van der Waals surface area contributed by atoms with Gasteiger partial charge in [0.1, 0.15) is 17.3 Å². The number of hydrogen-bond acceptors (Lipinski definition) is 5. The highest BCUT2D eigenvalue weighted by Gasteiger charge is 2.12. The van der Waals surface area contributed by atoms with Crippen LogP contribution < -0.4 is 9.47 Å². The standard InChI is InChI=1S/C17H15FN4O2S/c1-23-12-8-7-11(15(9-12)24-2)10-19-22-16(20-21-17(22)25)13-5-3-4-6-14(13)18/h3-10H,1-2H3,(H,21,25). The number of aromatic nitrogens is 3. The van der Waals surface area contributed by atoms with Gasteiger partial charge in [0, 0.05) is 11.6 Å². The second kappa shape index (κ2) is 7.27. The summed E-state index contributed by atoms with van der Waals surface area (Å²) < 4.78 is 26.2. The molecule has 0 amide bonds. The molecule has 128 valence electrons. The predicted octanol–water partition coefficient (Wildman–Crippen LogP) is 3.65. The van der Waals surface area contributed by atoms with Crippen molar-refractivity contribution in [1.82, 2.24) is 14.9 Å². The van der Waals surface area contributed by atoms with Gasteiger partial charge in [0.25, 0.3) is 0 Å². The first-order valence-electron chi connectivity index (χ1n) is 7.32. The summed E-state index contributed by atoms with van der Waals surface area (Å²) in [5.74, 6) is 1.13. The molecule has 0 saturated heterocycles. The summed E-state index contributed by atoms with van der Waals surface area (Å²) in [5.41, 5.74) is 1.01. The fourth-order valence-electron chi connectivity index (χ4n) is 2.26. The number of methoxy groups -OCH3 is 2. The number of benzene rings is 2. The minimum Gasteiger partial charge on any atom is -0.497 e. The van der Waals surface area contributed by atoms with Crippen molar-refractivity contribution in [3.05, 3.63) is 58.6 Å². The summed E-state index contributed by atoms with van der Waals surface area (Å²) in [7, 11) is 3.13. The molecule has 0 atom stereocenters. The molecule has 0 aliphatic heterocycles. The number of rotatable bonds is 5. The van der Waals surface area contributed by atoms with Crippen molar-refractivity contribution in [2.24, 2.45) is 5.10 Å². The lowest BCUT2D eigenvalue weighted by Gasteiger charge is -2.07. The third kappa shape index (κ3) is 3.43. The second-order valence-corrected chi connectivity index (χ2v) is 5.38. The number of H-pyrrole nitrogens is 1. The van der Waals surface area contributed by atoms with Crippen molar-refractivity contribution in [1.29, 1.82) is 0 Å². The van der Waals surface area contributed by atoms with Crippen molar-refractivity contribution in [3.63, 3.8) is 0 Å². The lowest BCUT2D eigenvalue weighted by atomic mass is 10.2. The van der Waals surface area contributed by atoms with Crippen LogP contribution >= 0.6 is 12.2 Å². The average Bonchev–Trinajstić information content (AvgIpc) is 3.00. The first-order valence-corrected chi connectivity index (χ1v) is 7.73. The second-order valence-electron chi connectivity index (χ2n) is 5.00. The molecule has 0 unspecified atom stereocenters. The van der Waals surface area contributed by atoms with Crippen molar-refractivity contribution >= 4 is 18.4 Å². The zero-order valence-corrected chi connectivity index (χ0v) is 14.4. The van der Waals surface area contributed by atoms with Gasteiger partial charge in [-0.05, 0) is 36.5 Å². The van der Waals surface area contributed by atoms with Gasteiger partial charge in [-0.3, -0.25) is 0 Å². The maximum Gasteiger partial charge on any atom is 0.216 e. The molecule has 2 aromatic carbocycles. The Labute approximate surface area is 148 Å². The van der Waals surface area contributed by atoms with E-state index in [9.17, 15) is 4.39 Å². The summed E-state index contributed by atoms with van der Waals surface area (Å²) in [6.07, 6.45) is 1.56. The molecule has 0 aliphatic carbocycles. The van der Waals surface area contributed by atoms with Gasteiger partial charge in [-0.1, -0.05) is 12.1 Å². The van der Waals surface area contributed by atoms with E-state index in [1.165, 1.54) is 10.7 Å². The molecular weight excluding hydrogens is 343 g/mol. The van der Waals surface area contributed by atoms with E-state index in [1.54, 1.807) is 56.8 Å². The van der Waals surface area contributed by atoms with Crippen LogP contribution in [-0.4, -0.2) is 35.3 Å². The van der Waals surface area contributed by atoms with E-state index in [0.717, 1.165) is 0 Å². The molecule has 0 bridgehead atoms. The van der Waals surface area contributed by atoms with Crippen LogP contribution in [0, 0.1) is 10.6 Å². The van der Waals surface area contributed by atoms with Crippen LogP contribution in [0.5, 0.6) is 11.5 Å². The number of halogens is 1. The lowest BCUT2D eigenvalue weighted by Crippen LogP contribution is -1.98. The summed E-state index contributed by atoms with van der Waals surface area (Å²) in [5, 5.41) is 11.0. The van der Waals surface area contributed by atoms with Crippen LogP contribution in [-0.2, 0) is 0 Å². The number of ether oxygens (including phenoxy) is 2. The molecule has 25 heavy (non-hydrogen) atoms. The van der Waals surface area contributed by atoms with Gasteiger partial charge in [0.2, 0.25) is 4.77 Å². The molecule has 0 aliphatic rings. The Balaban J connectivity index is 2.02. The van der Waals surface area contributed by atoms with Crippen LogP contribution in [0.2, 0.25) is 0 Å². The molecule has 0 saturated carbocycles. The van der Waals surface area contributed by atoms with Crippen molar-refractivity contribution in [2.75, 3.05) is 14.2 Å². The molecule has 3 aromatic rings. The van der Waals surface area contributed by atoms with Crippen LogP contribution in [0.1, 0.15) is 5.56 Å². The predicted molar refractivity (Wildman–Crippen MR) is 95.3 cm³/mol. The smallest absolute Gasteiger partial charge is 0.216 e. The van der Waals surface area contributed by atoms with E-state index in [-0.39, 0.29) is 10.6 Å². The first-order chi connectivity index (χ1) is 12.1. The summed E-state index contributed by atoms with van der Waals surface area (Å²) in [4.78, 5) is 0. The van der Waals surface area contributed by atoms with Crippen molar-refractivity contribution in [3.8, 4) is 22.9 Å². The number of aromatic amines is 1. The molecule has 1 N–H and O–H groups in total. The van der Waals surface area contributed by atoms with Gasteiger partial charge in [0.05, 0.1) is 26.0 Å². The Hall–Kier alpha value is -3.00. The van der Waals surface area contributed by atoms with Gasteiger partial charge in [-0.25, -0.2) is 9.49 Å². The highest BCUT2D eigenvalue weighted by Crippen LogP contribution is 2.24. The maximum atomic E-state index is 14.0. The van der Waals surface area contributed by atoms with Gasteiger partial charge < -0.3 is 9.47 Å². The Morgan fingerprint density at radius 2 is 2.00 bits per heavy atom. The fraction of sp³-hybridized carbons (Fsp3) is 0.118. The van der Waals surface area contributed by atoms with Gasteiger partial charge in [-0.2, -0.15) is 14.9 Å². The molecule has 0 radical (unpaired) electrons. The van der Waals surface area contributed by atoms with Gasteiger partial charge in [-0.15, -0.1) is 0 Å². The SMILES string of the molecule is COc1ccc(C=Nn2c(-c3ccccc3F)n[nH]c2=S)c(OC)c1. The van der Waals surface area contributed by atoms with E-state index in [4.69, 9.17) is 21.7 Å². The zero-order valence-electron chi connectivity index (χ0n) is 13.6. The minimum atomic E-state index is -0.407. The molecule has 8 heteroatoms. The summed E-state index contributed by atoms with van der Waals surface area (Å²) in [6.45, 7) is 0. The molecule has 3 rings (SSSR count). The number of hydrogen-bond donors (Lipinski definition) is 1. The Morgan fingerprint density at radius 1 is 1.20 bits per heavy atom. The highest BCUT2D eigenvalue weighted by molar-refractivity contribution is 7.71. The van der Waals surface area contributed by atoms with E-state index >= 15 is 0 Å². The van der Waals surface area contributed by atoms with Gasteiger partial charge >= 0.3 is 0 Å². The third-order valence-corrected chi connectivity index (χ3v) is 3.78. The van der Waals surface area contributed by atoms with E-state index in [1.807, 2.05) is 0 Å². The third-order valence-electron chi connectivity index (χ3n) is 3.52. The van der Waals surface area contributed by atoms with E-state index in [2.05, 4.69) is 15.3 Å². The average molecular weight is 358 g/mol. The Kier molecular flexibility index (Phi) is 4.90. The maximum absolute atomic E-state index is 14.0. The van der Waals surface area contributed by atoms with E-state index in [0.29, 0.717) is 22.6 Å². The normalized spacial score (nSPS) is 11.0. The fourth-order valence-corrected chi connectivity index (χ4v) is 2.44. The summed E-state index contributed by atoms with van der Waals surface area (Å²) in [6, 6.07) is 11.6. The Morgan fingerprint density at radius 3 is 2.72 bits per heavy atom. The number of nitrogens with zero attached hydrogens (tertiary/aromatic N) is 3. The van der Waals surface area contributed by atoms with Crippen LogP contribution in [0.25, 0.3) is 11.4 Å². The largest absolute Gasteiger partial charge is 0.497 e. The topological polar surface area (TPSA) is 64.4 Å². The molecule has 6 nitrogen and oxygen atoms in total. The van der Waals surface area contributed by atoms with Crippen LogP contribution in [0.4, 0.5) is 4.39 Å². The first kappa shape index (κ1) is 16.8. The molecule has 0 spiro atoms. The van der Waals surface area contributed by atoms with E-state index < -0.39 is 5.82 Å². The lowest BCUT2D eigenvalue weighted by molar-refractivity contribution is 0.394. The Bertz CT molecular complexity index is 981. The minimum absolute atomic E-state index is 0.252. The monoisotopic (exact) mass is 358 g/mol. The molecular formula is C17H15FN4O2S. The number of nitrogens with one attached hydrogen (secondary N) is 1. The van der Waals surface area contributed by atoms with Crippen LogP contribution in [0.15, 0.2) is 47.6 Å². The van der Waals surface area contributed by atoms with Gasteiger partial charge in [0.15, 0.2) is 5.82 Å². The highest BCUT2D eigenvalue weighted by atomic mass is 32.1. The van der Waals surface area contributed by atoms with Crippen molar-refractivity contribution < 1.29 is 13.9 Å². The van der Waals surface area contributed by atoms with Crippen molar-refractivity contribution in [2.45, 2.75) is 0 Å². The molecule has 0 fully saturated rings. The molecule has 1 aromatic heterocycles. The zero-order chi connectivity index (χ0) is 17.8. The molecule has 1 heterocycles. The van der Waals surface area contributed by atoms with Crippen LogP contribution in [0.3, 0.4) is 0 Å².